The molecule has 2 rings (SSSR count). The van der Waals surface area contributed by atoms with E-state index in [0.717, 1.165) is 16.9 Å². The Morgan fingerprint density at radius 2 is 2.06 bits per heavy atom. The van der Waals surface area contributed by atoms with Crippen LogP contribution in [0.1, 0.15) is 18.8 Å². The summed E-state index contributed by atoms with van der Waals surface area (Å²) in [5.74, 6) is 0.823. The maximum absolute atomic E-state index is 6.06. The fraction of sp³-hybridized carbons (Fsp3) is 0.417. The predicted octanol–water partition coefficient (Wildman–Crippen LogP) is 3.01. The highest BCUT2D eigenvalue weighted by atomic mass is 35.5. The number of imidazole rings is 1. The number of hydrogen-bond acceptors (Lipinski definition) is 3. The highest BCUT2D eigenvalue weighted by Gasteiger charge is 2.16. The van der Waals surface area contributed by atoms with Crippen LogP contribution in [0.3, 0.4) is 0 Å². The zero-order valence-electron chi connectivity index (χ0n) is 10.3. The lowest BCUT2D eigenvalue weighted by Gasteiger charge is -2.15. The van der Waals surface area contributed by atoms with Gasteiger partial charge in [0.1, 0.15) is 12.4 Å². The zero-order chi connectivity index (χ0) is 13.3. The summed E-state index contributed by atoms with van der Waals surface area (Å²) in [5.41, 5.74) is 7.47. The number of hydrogen-bond donors (Lipinski definition) is 1. The normalized spacial score (nSPS) is 13.2. The number of nitrogens with zero attached hydrogens (tertiary/aromatic N) is 2. The highest BCUT2D eigenvalue weighted by molar-refractivity contribution is 6.42. The van der Waals surface area contributed by atoms with Gasteiger partial charge in [0.05, 0.1) is 21.1 Å². The predicted molar refractivity (Wildman–Crippen MR) is 74.2 cm³/mol. The number of ether oxygens (including phenoxy) is 1. The molecule has 18 heavy (non-hydrogen) atoms. The van der Waals surface area contributed by atoms with Crippen molar-refractivity contribution in [1.29, 1.82) is 0 Å². The van der Waals surface area contributed by atoms with Crippen LogP contribution in [0.2, 0.25) is 10.0 Å². The Labute approximate surface area is 116 Å². The minimum atomic E-state index is 0.123. The van der Waals surface area contributed by atoms with Crippen LogP contribution in [0, 0.1) is 0 Å². The highest BCUT2D eigenvalue weighted by Crippen LogP contribution is 2.30. The van der Waals surface area contributed by atoms with Crippen LogP contribution < -0.4 is 5.73 Å². The monoisotopic (exact) mass is 287 g/mol. The summed E-state index contributed by atoms with van der Waals surface area (Å²) in [6, 6.07) is 3.70. The first-order valence-corrected chi connectivity index (χ1v) is 6.39. The third kappa shape index (κ3) is 2.34. The molecule has 0 aliphatic carbocycles. The van der Waals surface area contributed by atoms with Crippen molar-refractivity contribution in [3.8, 4) is 0 Å². The molecule has 1 aromatic heterocycles. The molecular formula is C12H15Cl2N3O. The van der Waals surface area contributed by atoms with Gasteiger partial charge in [-0.25, -0.2) is 4.98 Å². The lowest BCUT2D eigenvalue weighted by atomic mass is 10.2. The van der Waals surface area contributed by atoms with Crippen molar-refractivity contribution in [2.45, 2.75) is 19.6 Å². The number of nitrogens with two attached hydrogens (primary N) is 1. The lowest BCUT2D eigenvalue weighted by molar-refractivity contribution is 0.173. The Bertz CT molecular complexity index is 568. The lowest BCUT2D eigenvalue weighted by Crippen LogP contribution is -2.18. The average molecular weight is 288 g/mol. The van der Waals surface area contributed by atoms with Gasteiger partial charge < -0.3 is 15.0 Å². The van der Waals surface area contributed by atoms with Crippen LogP contribution in [0.5, 0.6) is 0 Å². The Hall–Kier alpha value is -0.810. The van der Waals surface area contributed by atoms with Crippen molar-refractivity contribution in [2.24, 2.45) is 5.73 Å². The van der Waals surface area contributed by atoms with E-state index in [1.165, 1.54) is 0 Å². The molecule has 0 saturated heterocycles. The van der Waals surface area contributed by atoms with Crippen molar-refractivity contribution >= 4 is 34.2 Å². The van der Waals surface area contributed by atoms with Gasteiger partial charge in [0.15, 0.2) is 0 Å². The molecule has 6 heteroatoms. The summed E-state index contributed by atoms with van der Waals surface area (Å²) in [4.78, 5) is 4.51. The van der Waals surface area contributed by atoms with Gasteiger partial charge in [0, 0.05) is 19.7 Å². The smallest absolute Gasteiger partial charge is 0.136 e. The second kappa shape index (κ2) is 5.45. The van der Waals surface area contributed by atoms with Gasteiger partial charge in [-0.05, 0) is 19.1 Å². The minimum Gasteiger partial charge on any atom is -0.377 e. The Balaban J connectivity index is 2.68. The zero-order valence-corrected chi connectivity index (χ0v) is 11.8. The van der Waals surface area contributed by atoms with E-state index in [2.05, 4.69) is 4.98 Å². The maximum atomic E-state index is 6.06. The molecule has 2 aromatic rings. The largest absolute Gasteiger partial charge is 0.377 e. The third-order valence-corrected chi connectivity index (χ3v) is 3.58. The number of benzene rings is 1. The Kier molecular flexibility index (Phi) is 4.12. The van der Waals surface area contributed by atoms with Crippen LogP contribution in [-0.4, -0.2) is 23.2 Å². The molecule has 0 spiro atoms. The summed E-state index contributed by atoms with van der Waals surface area (Å²) in [6.45, 7) is 2.97. The van der Waals surface area contributed by atoms with Crippen LogP contribution in [0.25, 0.3) is 11.0 Å². The number of fused-ring (bicyclic) bond motifs is 1. The average Bonchev–Trinajstić information content (AvgIpc) is 2.67. The summed E-state index contributed by atoms with van der Waals surface area (Å²) >= 11 is 12.1. The van der Waals surface area contributed by atoms with Gasteiger partial charge in [-0.2, -0.15) is 0 Å². The third-order valence-electron chi connectivity index (χ3n) is 2.86. The van der Waals surface area contributed by atoms with E-state index >= 15 is 0 Å². The number of aromatic nitrogens is 2. The fourth-order valence-corrected chi connectivity index (χ4v) is 2.28. The van der Waals surface area contributed by atoms with E-state index in [4.69, 9.17) is 33.7 Å². The van der Waals surface area contributed by atoms with Crippen molar-refractivity contribution in [3.63, 3.8) is 0 Å². The van der Waals surface area contributed by atoms with Gasteiger partial charge in [-0.1, -0.05) is 23.2 Å². The SMILES string of the molecule is COCc1nc2cc(Cl)c(Cl)cc2n1C(C)CN. The van der Waals surface area contributed by atoms with E-state index < -0.39 is 0 Å². The molecule has 0 amide bonds. The summed E-state index contributed by atoms with van der Waals surface area (Å²) in [6.07, 6.45) is 0. The van der Waals surface area contributed by atoms with Gasteiger partial charge >= 0.3 is 0 Å². The molecule has 1 aromatic carbocycles. The van der Waals surface area contributed by atoms with Crippen molar-refractivity contribution in [2.75, 3.05) is 13.7 Å². The van der Waals surface area contributed by atoms with Gasteiger partial charge in [-0.3, -0.25) is 0 Å². The molecule has 0 aliphatic rings. The topological polar surface area (TPSA) is 53.1 Å². The summed E-state index contributed by atoms with van der Waals surface area (Å²) in [5, 5.41) is 1.01. The molecule has 1 heterocycles. The molecule has 0 bridgehead atoms. The fourth-order valence-electron chi connectivity index (χ4n) is 1.97. The second-order valence-corrected chi connectivity index (χ2v) is 4.99. The minimum absolute atomic E-state index is 0.123. The quantitative estimate of drug-likeness (QED) is 0.941. The molecule has 4 nitrogen and oxygen atoms in total. The van der Waals surface area contributed by atoms with Crippen LogP contribution in [0.4, 0.5) is 0 Å². The first-order valence-electron chi connectivity index (χ1n) is 5.63. The molecule has 1 atom stereocenters. The van der Waals surface area contributed by atoms with Crippen LogP contribution in [-0.2, 0) is 11.3 Å². The standard InChI is InChI=1S/C12H15Cl2N3O/c1-7(5-15)17-11-4-9(14)8(13)3-10(11)16-12(17)6-18-2/h3-4,7H,5-6,15H2,1-2H3. The molecule has 0 saturated carbocycles. The van der Waals surface area contributed by atoms with Gasteiger partial charge in [0.25, 0.3) is 0 Å². The summed E-state index contributed by atoms with van der Waals surface area (Å²) < 4.78 is 7.21. The summed E-state index contributed by atoms with van der Waals surface area (Å²) in [7, 11) is 1.64. The van der Waals surface area contributed by atoms with E-state index in [1.807, 2.05) is 17.6 Å². The van der Waals surface area contributed by atoms with Gasteiger partial charge in [-0.15, -0.1) is 0 Å². The molecule has 1 unspecified atom stereocenters. The van der Waals surface area contributed by atoms with Crippen molar-refractivity contribution in [3.05, 3.63) is 28.0 Å². The van der Waals surface area contributed by atoms with E-state index in [9.17, 15) is 0 Å². The molecule has 0 radical (unpaired) electrons. The maximum Gasteiger partial charge on any atom is 0.136 e. The first-order chi connectivity index (χ1) is 8.58. The van der Waals surface area contributed by atoms with Gasteiger partial charge in [0.2, 0.25) is 0 Å². The van der Waals surface area contributed by atoms with E-state index in [-0.39, 0.29) is 6.04 Å². The number of rotatable bonds is 4. The molecular weight excluding hydrogens is 273 g/mol. The van der Waals surface area contributed by atoms with E-state index in [1.54, 1.807) is 13.2 Å². The molecule has 2 N–H and O–H groups in total. The molecule has 0 fully saturated rings. The second-order valence-electron chi connectivity index (χ2n) is 4.17. The first kappa shape index (κ1) is 13.6. The van der Waals surface area contributed by atoms with Crippen LogP contribution in [0.15, 0.2) is 12.1 Å². The Morgan fingerprint density at radius 3 is 2.67 bits per heavy atom. The van der Waals surface area contributed by atoms with Crippen LogP contribution >= 0.6 is 23.2 Å². The van der Waals surface area contributed by atoms with Crippen molar-refractivity contribution < 1.29 is 4.74 Å². The number of halogens is 2. The molecule has 0 aliphatic heterocycles. The number of methoxy groups -OCH3 is 1. The Morgan fingerprint density at radius 1 is 1.39 bits per heavy atom. The molecule has 98 valence electrons. The van der Waals surface area contributed by atoms with E-state index in [0.29, 0.717) is 23.2 Å². The van der Waals surface area contributed by atoms with Crippen molar-refractivity contribution in [1.82, 2.24) is 9.55 Å².